The summed E-state index contributed by atoms with van der Waals surface area (Å²) in [6, 6.07) is 0. The Labute approximate surface area is 103 Å². The molecule has 0 unspecified atom stereocenters. The van der Waals surface area contributed by atoms with Gasteiger partial charge in [0.1, 0.15) is 5.60 Å². The molecule has 0 aromatic carbocycles. The van der Waals surface area contributed by atoms with Crippen LogP contribution in [-0.2, 0) is 19.1 Å². The van der Waals surface area contributed by atoms with Crippen LogP contribution >= 0.6 is 0 Å². The van der Waals surface area contributed by atoms with Gasteiger partial charge in [-0.1, -0.05) is 20.3 Å². The van der Waals surface area contributed by atoms with E-state index in [1.54, 1.807) is 33.2 Å². The quantitative estimate of drug-likeness (QED) is 0.768. The molecule has 0 saturated heterocycles. The first-order valence-corrected chi connectivity index (χ1v) is 7.03. The molecule has 0 bridgehead atoms. The lowest BCUT2D eigenvalue weighted by Gasteiger charge is -2.19. The molecule has 0 heterocycles. The van der Waals surface area contributed by atoms with Crippen LogP contribution < -0.4 is 5.48 Å². The van der Waals surface area contributed by atoms with Crippen LogP contribution in [0.3, 0.4) is 0 Å². The SMILES string of the molecule is CC[C@H](C)CS(=O)(=O)ONC(=O)OC(C)(C)C. The molecule has 1 N–H and O–H groups in total. The van der Waals surface area contributed by atoms with Gasteiger partial charge in [-0.2, -0.15) is 13.9 Å². The third-order valence-electron chi connectivity index (χ3n) is 1.84. The van der Waals surface area contributed by atoms with Gasteiger partial charge in [0.15, 0.2) is 0 Å². The Morgan fingerprint density at radius 2 is 1.88 bits per heavy atom. The zero-order valence-electron chi connectivity index (χ0n) is 10.9. The summed E-state index contributed by atoms with van der Waals surface area (Å²) in [5.74, 6) is -0.167. The molecule has 0 aliphatic carbocycles. The van der Waals surface area contributed by atoms with Crippen LogP contribution in [0, 0.1) is 5.92 Å². The third kappa shape index (κ3) is 8.93. The highest BCUT2D eigenvalue weighted by Gasteiger charge is 2.20. The van der Waals surface area contributed by atoms with Gasteiger partial charge in [0.2, 0.25) is 0 Å². The van der Waals surface area contributed by atoms with Gasteiger partial charge in [-0.3, -0.25) is 0 Å². The average molecular weight is 267 g/mol. The van der Waals surface area contributed by atoms with Crippen LogP contribution in [0.15, 0.2) is 0 Å². The van der Waals surface area contributed by atoms with E-state index in [1.807, 2.05) is 6.92 Å². The maximum atomic E-state index is 11.4. The van der Waals surface area contributed by atoms with Crippen molar-refractivity contribution in [1.29, 1.82) is 0 Å². The van der Waals surface area contributed by atoms with Crippen LogP contribution in [0.4, 0.5) is 4.79 Å². The lowest BCUT2D eigenvalue weighted by Crippen LogP contribution is -2.35. The maximum Gasteiger partial charge on any atom is 0.432 e. The van der Waals surface area contributed by atoms with Crippen molar-refractivity contribution in [2.45, 2.75) is 46.6 Å². The molecule has 0 spiro atoms. The second-order valence-corrected chi connectivity index (χ2v) is 6.54. The van der Waals surface area contributed by atoms with Gasteiger partial charge >= 0.3 is 6.09 Å². The summed E-state index contributed by atoms with van der Waals surface area (Å²) in [5, 5.41) is 0. The molecule has 0 saturated carbocycles. The molecule has 0 aromatic rings. The molecule has 1 amide bonds. The first kappa shape index (κ1) is 16.2. The molecule has 1 atom stereocenters. The summed E-state index contributed by atoms with van der Waals surface area (Å²) in [5.41, 5.74) is 1.06. The maximum absolute atomic E-state index is 11.4. The Bertz CT molecular complexity index is 344. The van der Waals surface area contributed by atoms with Crippen molar-refractivity contribution in [3.05, 3.63) is 0 Å². The molecular weight excluding hydrogens is 246 g/mol. The average Bonchev–Trinajstić information content (AvgIpc) is 2.11. The molecule has 0 aliphatic heterocycles. The van der Waals surface area contributed by atoms with Crippen molar-refractivity contribution in [2.24, 2.45) is 5.92 Å². The molecule has 7 heteroatoms. The molecule has 102 valence electrons. The molecule has 17 heavy (non-hydrogen) atoms. The molecule has 0 fully saturated rings. The van der Waals surface area contributed by atoms with Crippen LogP contribution in [0.1, 0.15) is 41.0 Å². The Kier molecular flexibility index (Phi) is 5.91. The number of hydrogen-bond acceptors (Lipinski definition) is 5. The van der Waals surface area contributed by atoms with Crippen LogP contribution in [0.5, 0.6) is 0 Å². The topological polar surface area (TPSA) is 81.7 Å². The van der Waals surface area contributed by atoms with Crippen LogP contribution in [0.25, 0.3) is 0 Å². The molecule has 0 rings (SSSR count). The molecule has 6 nitrogen and oxygen atoms in total. The lowest BCUT2D eigenvalue weighted by atomic mass is 10.2. The Morgan fingerprint density at radius 1 is 1.35 bits per heavy atom. The predicted octanol–water partition coefficient (Wildman–Crippen LogP) is 1.82. The van der Waals surface area contributed by atoms with E-state index >= 15 is 0 Å². The Morgan fingerprint density at radius 3 is 2.29 bits per heavy atom. The van der Waals surface area contributed by atoms with Gasteiger partial charge in [-0.25, -0.2) is 4.79 Å². The summed E-state index contributed by atoms with van der Waals surface area (Å²) in [7, 11) is -3.76. The summed E-state index contributed by atoms with van der Waals surface area (Å²) < 4.78 is 31.9. The zero-order chi connectivity index (χ0) is 13.7. The van der Waals surface area contributed by atoms with Crippen molar-refractivity contribution in [1.82, 2.24) is 5.48 Å². The lowest BCUT2D eigenvalue weighted by molar-refractivity contribution is 0.0297. The summed E-state index contributed by atoms with van der Waals surface area (Å²) in [4.78, 5) is 11.1. The first-order valence-electron chi connectivity index (χ1n) is 5.46. The minimum absolute atomic E-state index is 0.0274. The number of ether oxygens (including phenoxy) is 1. The van der Waals surface area contributed by atoms with E-state index in [0.717, 1.165) is 6.42 Å². The van der Waals surface area contributed by atoms with Crippen molar-refractivity contribution in [3.63, 3.8) is 0 Å². The Hall–Kier alpha value is -0.820. The van der Waals surface area contributed by atoms with Crippen molar-refractivity contribution in [2.75, 3.05) is 5.75 Å². The van der Waals surface area contributed by atoms with E-state index in [1.165, 1.54) is 0 Å². The number of hydroxylamine groups is 1. The van der Waals surface area contributed by atoms with Gasteiger partial charge in [-0.15, -0.1) is 4.28 Å². The van der Waals surface area contributed by atoms with E-state index in [0.29, 0.717) is 0 Å². The normalized spacial score (nSPS) is 14.2. The smallest absolute Gasteiger partial charge is 0.432 e. The summed E-state index contributed by atoms with van der Waals surface area (Å²) in [6.45, 7) is 8.66. The standard InChI is InChI=1S/C10H21NO5S/c1-6-8(2)7-17(13,14)16-11-9(12)15-10(3,4)5/h8H,6-7H2,1-5H3,(H,11,12)/t8-/m0/s1. The van der Waals surface area contributed by atoms with Gasteiger partial charge in [0.05, 0.1) is 5.75 Å². The van der Waals surface area contributed by atoms with E-state index in [9.17, 15) is 13.2 Å². The number of amides is 1. The molecular formula is C10H21NO5S. The fourth-order valence-electron chi connectivity index (χ4n) is 0.897. The number of hydrogen-bond donors (Lipinski definition) is 1. The molecule has 0 aliphatic rings. The van der Waals surface area contributed by atoms with E-state index in [-0.39, 0.29) is 11.7 Å². The molecule has 0 radical (unpaired) electrons. The zero-order valence-corrected chi connectivity index (χ0v) is 11.8. The highest BCUT2D eigenvalue weighted by atomic mass is 32.2. The van der Waals surface area contributed by atoms with Gasteiger partial charge in [0, 0.05) is 0 Å². The number of nitrogens with one attached hydrogen (secondary N) is 1. The van der Waals surface area contributed by atoms with Gasteiger partial charge in [-0.05, 0) is 26.7 Å². The fourth-order valence-corrected chi connectivity index (χ4v) is 2.09. The van der Waals surface area contributed by atoms with E-state index < -0.39 is 21.8 Å². The van der Waals surface area contributed by atoms with E-state index in [2.05, 4.69) is 4.28 Å². The summed E-state index contributed by atoms with van der Waals surface area (Å²) >= 11 is 0. The minimum atomic E-state index is -3.76. The second-order valence-electron chi connectivity index (χ2n) is 4.93. The van der Waals surface area contributed by atoms with Crippen LogP contribution in [0.2, 0.25) is 0 Å². The van der Waals surface area contributed by atoms with E-state index in [4.69, 9.17) is 4.74 Å². The van der Waals surface area contributed by atoms with Crippen molar-refractivity contribution in [3.8, 4) is 0 Å². The second kappa shape index (κ2) is 6.20. The third-order valence-corrected chi connectivity index (χ3v) is 3.15. The largest absolute Gasteiger partial charge is 0.442 e. The fraction of sp³-hybridized carbons (Fsp3) is 0.900. The van der Waals surface area contributed by atoms with Crippen molar-refractivity contribution >= 4 is 16.2 Å². The predicted molar refractivity (Wildman–Crippen MR) is 63.7 cm³/mol. The monoisotopic (exact) mass is 267 g/mol. The highest BCUT2D eigenvalue weighted by Crippen LogP contribution is 2.08. The molecule has 0 aromatic heterocycles. The van der Waals surface area contributed by atoms with Crippen molar-refractivity contribution < 1.29 is 22.2 Å². The number of carbonyl (C=O) groups is 1. The van der Waals surface area contributed by atoms with Gasteiger partial charge in [0.25, 0.3) is 10.1 Å². The minimum Gasteiger partial charge on any atom is -0.442 e. The Balaban J connectivity index is 4.15. The number of rotatable bonds is 5. The first-order chi connectivity index (χ1) is 7.56. The summed E-state index contributed by atoms with van der Waals surface area (Å²) in [6.07, 6.45) is -0.208. The van der Waals surface area contributed by atoms with Crippen LogP contribution in [-0.4, -0.2) is 25.9 Å². The van der Waals surface area contributed by atoms with Gasteiger partial charge < -0.3 is 4.74 Å². The number of carbonyl (C=O) groups excluding carboxylic acids is 1. The highest BCUT2D eigenvalue weighted by molar-refractivity contribution is 7.86.